The van der Waals surface area contributed by atoms with E-state index in [1.165, 1.54) is 7.11 Å². The molecular formula is C17H25NO6. The van der Waals surface area contributed by atoms with Crippen LogP contribution in [0, 0.1) is 0 Å². The second-order valence-corrected chi connectivity index (χ2v) is 6.39. The number of benzene rings is 1. The zero-order chi connectivity index (χ0) is 18.3. The number of aliphatic hydroxyl groups is 2. The topological polar surface area (TPSA) is 105 Å². The van der Waals surface area contributed by atoms with Crippen molar-refractivity contribution in [3.63, 3.8) is 0 Å². The Kier molecular flexibility index (Phi) is 7.18. The lowest BCUT2D eigenvalue weighted by Crippen LogP contribution is -2.38. The first-order chi connectivity index (χ1) is 11.1. The molecule has 0 spiro atoms. The Morgan fingerprint density at radius 2 is 1.92 bits per heavy atom. The first-order valence-corrected chi connectivity index (χ1v) is 7.61. The van der Waals surface area contributed by atoms with E-state index in [9.17, 15) is 19.8 Å². The van der Waals surface area contributed by atoms with Crippen LogP contribution in [-0.4, -0.2) is 47.6 Å². The summed E-state index contributed by atoms with van der Waals surface area (Å²) >= 11 is 0. The van der Waals surface area contributed by atoms with Crippen LogP contribution in [0.25, 0.3) is 0 Å². The van der Waals surface area contributed by atoms with Crippen molar-refractivity contribution in [2.45, 2.75) is 45.0 Å². The van der Waals surface area contributed by atoms with Crippen molar-refractivity contribution >= 4 is 12.1 Å². The van der Waals surface area contributed by atoms with Crippen molar-refractivity contribution in [3.8, 4) is 0 Å². The fraction of sp³-hybridized carbons (Fsp3) is 0.529. The van der Waals surface area contributed by atoms with Crippen LogP contribution >= 0.6 is 0 Å². The minimum Gasteiger partial charge on any atom is -0.469 e. The summed E-state index contributed by atoms with van der Waals surface area (Å²) in [6, 6.07) is 6.63. The molecule has 7 nitrogen and oxygen atoms in total. The van der Waals surface area contributed by atoms with Crippen molar-refractivity contribution in [2.75, 3.05) is 13.7 Å². The molecule has 0 aliphatic rings. The molecule has 3 N–H and O–H groups in total. The molecule has 134 valence electrons. The van der Waals surface area contributed by atoms with Crippen molar-refractivity contribution in [1.82, 2.24) is 5.32 Å². The maximum Gasteiger partial charge on any atom is 0.407 e. The molecule has 1 aromatic carbocycles. The third kappa shape index (κ3) is 6.97. The number of alkyl carbamates (subject to hydrolysis) is 1. The van der Waals surface area contributed by atoms with Gasteiger partial charge >= 0.3 is 12.1 Å². The molecule has 1 rings (SSSR count). The summed E-state index contributed by atoms with van der Waals surface area (Å²) in [5.74, 6) is -0.395. The van der Waals surface area contributed by atoms with Crippen LogP contribution in [0.2, 0.25) is 0 Å². The number of ether oxygens (including phenoxy) is 2. The van der Waals surface area contributed by atoms with E-state index in [1.807, 2.05) is 0 Å². The number of nitrogens with one attached hydrogen (secondary N) is 1. The van der Waals surface area contributed by atoms with Gasteiger partial charge in [0.05, 0.1) is 13.5 Å². The third-order valence-electron chi connectivity index (χ3n) is 3.09. The molecule has 0 aliphatic heterocycles. The van der Waals surface area contributed by atoms with E-state index >= 15 is 0 Å². The van der Waals surface area contributed by atoms with E-state index in [1.54, 1.807) is 45.0 Å². The fourth-order valence-corrected chi connectivity index (χ4v) is 1.96. The average Bonchev–Trinajstić information content (AvgIpc) is 2.50. The fourth-order valence-electron chi connectivity index (χ4n) is 1.96. The summed E-state index contributed by atoms with van der Waals surface area (Å²) in [7, 11) is 1.30. The number of carbonyl (C=O) groups excluding carboxylic acids is 2. The van der Waals surface area contributed by atoms with Crippen molar-refractivity contribution in [1.29, 1.82) is 0 Å². The highest BCUT2D eigenvalue weighted by molar-refractivity contribution is 5.72. The molecule has 0 bridgehead atoms. The monoisotopic (exact) mass is 339 g/mol. The number of methoxy groups -OCH3 is 1. The van der Waals surface area contributed by atoms with Crippen molar-refractivity contribution < 1.29 is 29.3 Å². The minimum absolute atomic E-state index is 0.0727. The number of amides is 1. The maximum absolute atomic E-state index is 11.6. The van der Waals surface area contributed by atoms with Crippen LogP contribution < -0.4 is 5.32 Å². The van der Waals surface area contributed by atoms with Gasteiger partial charge in [0.2, 0.25) is 0 Å². The van der Waals surface area contributed by atoms with Crippen LogP contribution in [0.4, 0.5) is 4.79 Å². The molecule has 0 radical (unpaired) electrons. The van der Waals surface area contributed by atoms with Crippen LogP contribution in [0.3, 0.4) is 0 Å². The van der Waals surface area contributed by atoms with Crippen LogP contribution in [0.5, 0.6) is 0 Å². The average molecular weight is 339 g/mol. The highest BCUT2D eigenvalue weighted by Crippen LogP contribution is 2.18. The lowest BCUT2D eigenvalue weighted by Gasteiger charge is -2.22. The van der Waals surface area contributed by atoms with Gasteiger partial charge in [-0.05, 0) is 31.9 Å². The summed E-state index contributed by atoms with van der Waals surface area (Å²) in [4.78, 5) is 22.8. The molecule has 7 heteroatoms. The van der Waals surface area contributed by atoms with Gasteiger partial charge in [-0.25, -0.2) is 4.79 Å². The van der Waals surface area contributed by atoms with E-state index in [2.05, 4.69) is 10.1 Å². The molecular weight excluding hydrogens is 314 g/mol. The van der Waals surface area contributed by atoms with Gasteiger partial charge in [0.1, 0.15) is 17.8 Å². The van der Waals surface area contributed by atoms with Gasteiger partial charge in [-0.15, -0.1) is 0 Å². The van der Waals surface area contributed by atoms with Crippen LogP contribution in [-0.2, 0) is 20.7 Å². The van der Waals surface area contributed by atoms with Crippen molar-refractivity contribution in [3.05, 3.63) is 35.4 Å². The zero-order valence-electron chi connectivity index (χ0n) is 14.4. The standard InChI is InChI=1S/C17H25NO6/c1-17(2,3)24-16(22)18-10-13(19)15(21)12-7-5-6-11(8-12)9-14(20)23-4/h5-8,13,15,19,21H,9-10H2,1-4H3,(H,18,22). The largest absolute Gasteiger partial charge is 0.469 e. The molecule has 2 unspecified atom stereocenters. The molecule has 2 atom stereocenters. The number of aliphatic hydroxyl groups excluding tert-OH is 2. The van der Waals surface area contributed by atoms with E-state index < -0.39 is 29.9 Å². The lowest BCUT2D eigenvalue weighted by atomic mass is 10.0. The van der Waals surface area contributed by atoms with Gasteiger partial charge in [-0.3, -0.25) is 4.79 Å². The second-order valence-electron chi connectivity index (χ2n) is 6.39. The Balaban J connectivity index is 2.62. The Morgan fingerprint density at radius 3 is 2.50 bits per heavy atom. The van der Waals surface area contributed by atoms with Crippen LogP contribution in [0.1, 0.15) is 38.0 Å². The number of carbonyl (C=O) groups is 2. The number of hydrogen-bond acceptors (Lipinski definition) is 6. The Morgan fingerprint density at radius 1 is 1.25 bits per heavy atom. The van der Waals surface area contributed by atoms with Gasteiger partial charge in [0.25, 0.3) is 0 Å². The molecule has 0 saturated heterocycles. The number of hydrogen-bond donors (Lipinski definition) is 3. The highest BCUT2D eigenvalue weighted by Gasteiger charge is 2.21. The Hall–Kier alpha value is -2.12. The predicted molar refractivity (Wildman–Crippen MR) is 87.4 cm³/mol. The van der Waals surface area contributed by atoms with Crippen molar-refractivity contribution in [2.24, 2.45) is 0 Å². The summed E-state index contributed by atoms with van der Waals surface area (Å²) in [5, 5.41) is 22.6. The molecule has 0 saturated carbocycles. The summed E-state index contributed by atoms with van der Waals surface area (Å²) < 4.78 is 9.65. The predicted octanol–water partition coefficient (Wildman–Crippen LogP) is 1.32. The zero-order valence-corrected chi connectivity index (χ0v) is 14.4. The smallest absolute Gasteiger partial charge is 0.407 e. The highest BCUT2D eigenvalue weighted by atomic mass is 16.6. The van der Waals surface area contributed by atoms with E-state index in [-0.39, 0.29) is 13.0 Å². The lowest BCUT2D eigenvalue weighted by molar-refractivity contribution is -0.139. The third-order valence-corrected chi connectivity index (χ3v) is 3.09. The minimum atomic E-state index is -1.22. The normalized spacial score (nSPS) is 13.8. The first kappa shape index (κ1) is 19.9. The van der Waals surface area contributed by atoms with Gasteiger partial charge in [0, 0.05) is 6.54 Å². The van der Waals surface area contributed by atoms with E-state index in [0.29, 0.717) is 11.1 Å². The second kappa shape index (κ2) is 8.65. The number of rotatable bonds is 6. The van der Waals surface area contributed by atoms with Gasteiger partial charge in [-0.2, -0.15) is 0 Å². The molecule has 0 aliphatic carbocycles. The Labute approximate surface area is 141 Å². The van der Waals surface area contributed by atoms with E-state index in [4.69, 9.17) is 4.74 Å². The first-order valence-electron chi connectivity index (χ1n) is 7.61. The molecule has 0 heterocycles. The summed E-state index contributed by atoms with van der Waals surface area (Å²) in [6.45, 7) is 5.01. The quantitative estimate of drug-likeness (QED) is 0.675. The molecule has 1 amide bonds. The van der Waals surface area contributed by atoms with Gasteiger partial charge in [0.15, 0.2) is 0 Å². The molecule has 24 heavy (non-hydrogen) atoms. The van der Waals surface area contributed by atoms with Crippen LogP contribution in [0.15, 0.2) is 24.3 Å². The number of esters is 1. The Bertz CT molecular complexity index is 566. The summed E-state index contributed by atoms with van der Waals surface area (Å²) in [5.41, 5.74) is 0.455. The maximum atomic E-state index is 11.6. The summed E-state index contributed by atoms with van der Waals surface area (Å²) in [6.07, 6.45) is -3.03. The SMILES string of the molecule is COC(=O)Cc1cccc(C(O)C(O)CNC(=O)OC(C)(C)C)c1. The molecule has 1 aromatic rings. The molecule has 0 aromatic heterocycles. The van der Waals surface area contributed by atoms with Gasteiger partial charge in [-0.1, -0.05) is 24.3 Å². The van der Waals surface area contributed by atoms with Gasteiger partial charge < -0.3 is 25.0 Å². The molecule has 0 fully saturated rings. The van der Waals surface area contributed by atoms with E-state index in [0.717, 1.165) is 0 Å².